The summed E-state index contributed by atoms with van der Waals surface area (Å²) < 4.78 is 1.98. The Labute approximate surface area is 99.1 Å². The van der Waals surface area contributed by atoms with E-state index in [1.807, 2.05) is 30.5 Å². The van der Waals surface area contributed by atoms with Gasteiger partial charge < -0.3 is 10.3 Å². The topological polar surface area (TPSA) is 56.7 Å². The van der Waals surface area contributed by atoms with Gasteiger partial charge in [0.2, 0.25) is 0 Å². The second-order valence-corrected chi connectivity index (χ2v) is 3.99. The van der Waals surface area contributed by atoms with Crippen molar-refractivity contribution in [2.75, 3.05) is 0 Å². The van der Waals surface area contributed by atoms with Crippen LogP contribution in [-0.2, 0) is 0 Å². The first kappa shape index (κ1) is 10.8. The summed E-state index contributed by atoms with van der Waals surface area (Å²) in [7, 11) is 0. The van der Waals surface area contributed by atoms with Crippen LogP contribution in [0.5, 0.6) is 0 Å². The van der Waals surface area contributed by atoms with Crippen molar-refractivity contribution in [2.24, 2.45) is 5.73 Å². The molecule has 0 aliphatic rings. The fourth-order valence-electron chi connectivity index (χ4n) is 1.43. The Morgan fingerprint density at radius 1 is 1.31 bits per heavy atom. The van der Waals surface area contributed by atoms with Crippen molar-refractivity contribution in [3.8, 4) is 5.69 Å². The Bertz CT molecular complexity index is 527. The van der Waals surface area contributed by atoms with Crippen LogP contribution in [0.2, 0.25) is 0 Å². The largest absolute Gasteiger partial charge is 0.388 e. The van der Waals surface area contributed by atoms with Gasteiger partial charge in [-0.2, -0.15) is 0 Å². The summed E-state index contributed by atoms with van der Waals surface area (Å²) >= 11 is 4.85. The van der Waals surface area contributed by atoms with E-state index < -0.39 is 0 Å². The van der Waals surface area contributed by atoms with E-state index in [1.165, 1.54) is 0 Å². The van der Waals surface area contributed by atoms with Gasteiger partial charge in [0.05, 0.1) is 29.6 Å². The Morgan fingerprint density at radius 3 is 2.50 bits per heavy atom. The van der Waals surface area contributed by atoms with E-state index in [2.05, 4.69) is 9.97 Å². The third-order valence-electron chi connectivity index (χ3n) is 2.53. The third kappa shape index (κ3) is 1.81. The Hall–Kier alpha value is -1.75. The quantitative estimate of drug-likeness (QED) is 0.798. The molecule has 0 fully saturated rings. The summed E-state index contributed by atoms with van der Waals surface area (Å²) in [6.45, 7) is 3.99. The smallest absolute Gasteiger partial charge is 0.122 e. The molecule has 2 heterocycles. The van der Waals surface area contributed by atoms with E-state index in [-0.39, 0.29) is 0 Å². The molecule has 0 bridgehead atoms. The van der Waals surface area contributed by atoms with E-state index in [4.69, 9.17) is 18.0 Å². The van der Waals surface area contributed by atoms with Crippen LogP contribution in [0.15, 0.2) is 24.7 Å². The number of thiocarbonyl (C=S) groups is 1. The van der Waals surface area contributed by atoms with E-state index in [9.17, 15) is 0 Å². The predicted octanol–water partition coefficient (Wildman–Crippen LogP) is 1.52. The Kier molecular flexibility index (Phi) is 2.70. The van der Waals surface area contributed by atoms with E-state index in [0.717, 1.165) is 17.1 Å². The molecule has 2 aromatic rings. The van der Waals surface area contributed by atoms with Crippen molar-refractivity contribution < 1.29 is 0 Å². The molecule has 0 aliphatic heterocycles. The van der Waals surface area contributed by atoms with Crippen LogP contribution in [0.1, 0.15) is 17.1 Å². The number of nitrogens with zero attached hydrogens (tertiary/aromatic N) is 3. The molecule has 0 aromatic carbocycles. The van der Waals surface area contributed by atoms with Gasteiger partial charge in [-0.15, -0.1) is 0 Å². The van der Waals surface area contributed by atoms with Crippen LogP contribution in [-0.4, -0.2) is 19.5 Å². The molecule has 0 spiro atoms. The lowest BCUT2D eigenvalue weighted by Gasteiger charge is -2.05. The summed E-state index contributed by atoms with van der Waals surface area (Å²) in [5.41, 5.74) is 9.19. The fraction of sp³-hybridized carbons (Fsp3) is 0.182. The fourth-order valence-corrected chi connectivity index (χ4v) is 1.55. The highest BCUT2D eigenvalue weighted by Gasteiger charge is 2.05. The van der Waals surface area contributed by atoms with Crippen LogP contribution in [0.3, 0.4) is 0 Å². The normalized spacial score (nSPS) is 10.4. The van der Waals surface area contributed by atoms with Gasteiger partial charge in [0.1, 0.15) is 4.99 Å². The van der Waals surface area contributed by atoms with Gasteiger partial charge in [-0.05, 0) is 26.0 Å². The Morgan fingerprint density at radius 2 is 2.06 bits per heavy atom. The van der Waals surface area contributed by atoms with Gasteiger partial charge in [0.15, 0.2) is 0 Å². The van der Waals surface area contributed by atoms with Crippen LogP contribution >= 0.6 is 12.2 Å². The average molecular weight is 232 g/mol. The Balaban J connectivity index is 2.42. The van der Waals surface area contributed by atoms with Crippen molar-refractivity contribution >= 4 is 17.2 Å². The molecular weight excluding hydrogens is 220 g/mol. The molecule has 2 N–H and O–H groups in total. The minimum Gasteiger partial charge on any atom is -0.388 e. The zero-order chi connectivity index (χ0) is 11.7. The molecule has 0 amide bonds. The summed E-state index contributed by atoms with van der Waals surface area (Å²) in [6, 6.07) is 3.74. The maximum atomic E-state index is 5.49. The minimum atomic E-state index is 0.310. The summed E-state index contributed by atoms with van der Waals surface area (Å²) in [6.07, 6.45) is 3.52. The highest BCUT2D eigenvalue weighted by molar-refractivity contribution is 7.80. The second kappa shape index (κ2) is 4.02. The lowest BCUT2D eigenvalue weighted by Crippen LogP contribution is -2.11. The first-order valence-electron chi connectivity index (χ1n) is 4.86. The summed E-state index contributed by atoms with van der Waals surface area (Å²) in [5.74, 6) is 0. The standard InChI is InChI=1S/C11H12N4S/c1-7-8(2)15(6-14-7)9-3-4-10(11(12)16)13-5-9/h3-6H,1-2H3,(H2,12,16). The number of rotatable bonds is 2. The molecule has 0 aliphatic carbocycles. The van der Waals surface area contributed by atoms with E-state index in [0.29, 0.717) is 10.7 Å². The molecule has 16 heavy (non-hydrogen) atoms. The molecule has 0 saturated heterocycles. The molecule has 0 saturated carbocycles. The van der Waals surface area contributed by atoms with Gasteiger partial charge >= 0.3 is 0 Å². The number of imidazole rings is 1. The molecular formula is C11H12N4S. The highest BCUT2D eigenvalue weighted by atomic mass is 32.1. The zero-order valence-electron chi connectivity index (χ0n) is 9.14. The van der Waals surface area contributed by atoms with Gasteiger partial charge in [-0.3, -0.25) is 4.98 Å². The minimum absolute atomic E-state index is 0.310. The molecule has 0 atom stereocenters. The summed E-state index contributed by atoms with van der Waals surface area (Å²) in [5, 5.41) is 0. The SMILES string of the molecule is Cc1ncn(-c2ccc(C(N)=S)nc2)c1C. The number of hydrogen-bond acceptors (Lipinski definition) is 3. The van der Waals surface area contributed by atoms with E-state index >= 15 is 0 Å². The molecule has 2 aromatic heterocycles. The van der Waals surface area contributed by atoms with Crippen molar-refractivity contribution in [2.45, 2.75) is 13.8 Å². The van der Waals surface area contributed by atoms with Crippen LogP contribution in [0.25, 0.3) is 5.69 Å². The van der Waals surface area contributed by atoms with Gasteiger partial charge in [0.25, 0.3) is 0 Å². The molecule has 4 nitrogen and oxygen atoms in total. The predicted molar refractivity (Wildman–Crippen MR) is 66.7 cm³/mol. The van der Waals surface area contributed by atoms with Crippen molar-refractivity contribution in [1.82, 2.24) is 14.5 Å². The van der Waals surface area contributed by atoms with E-state index in [1.54, 1.807) is 12.5 Å². The molecule has 5 heteroatoms. The lowest BCUT2D eigenvalue weighted by molar-refractivity contribution is 0.987. The summed E-state index contributed by atoms with van der Waals surface area (Å²) in [4.78, 5) is 8.74. The average Bonchev–Trinajstić information content (AvgIpc) is 2.60. The highest BCUT2D eigenvalue weighted by Crippen LogP contribution is 2.12. The number of pyridine rings is 1. The maximum Gasteiger partial charge on any atom is 0.122 e. The van der Waals surface area contributed by atoms with Gasteiger partial charge in [-0.25, -0.2) is 4.98 Å². The maximum absolute atomic E-state index is 5.49. The van der Waals surface area contributed by atoms with Gasteiger partial charge in [-0.1, -0.05) is 12.2 Å². The molecule has 0 unspecified atom stereocenters. The second-order valence-electron chi connectivity index (χ2n) is 3.55. The number of hydrogen-bond donors (Lipinski definition) is 1. The van der Waals surface area contributed by atoms with Crippen LogP contribution in [0.4, 0.5) is 0 Å². The molecule has 0 radical (unpaired) electrons. The molecule has 82 valence electrons. The van der Waals surface area contributed by atoms with Crippen molar-refractivity contribution in [3.05, 3.63) is 41.7 Å². The van der Waals surface area contributed by atoms with Crippen LogP contribution in [0, 0.1) is 13.8 Å². The third-order valence-corrected chi connectivity index (χ3v) is 2.74. The first-order valence-corrected chi connectivity index (χ1v) is 5.27. The zero-order valence-corrected chi connectivity index (χ0v) is 9.95. The molecule has 2 rings (SSSR count). The number of aryl methyl sites for hydroxylation is 1. The van der Waals surface area contributed by atoms with Gasteiger partial charge in [0, 0.05) is 5.69 Å². The van der Waals surface area contributed by atoms with Crippen molar-refractivity contribution in [3.63, 3.8) is 0 Å². The van der Waals surface area contributed by atoms with Crippen LogP contribution < -0.4 is 5.73 Å². The monoisotopic (exact) mass is 232 g/mol. The first-order chi connectivity index (χ1) is 7.59. The lowest BCUT2D eigenvalue weighted by atomic mass is 10.3. The number of nitrogens with two attached hydrogens (primary N) is 1. The van der Waals surface area contributed by atoms with Crippen molar-refractivity contribution in [1.29, 1.82) is 0 Å². The number of aromatic nitrogens is 3.